The van der Waals surface area contributed by atoms with Gasteiger partial charge in [-0.05, 0) is 18.2 Å². The quantitative estimate of drug-likeness (QED) is 0.859. The third-order valence-corrected chi connectivity index (χ3v) is 5.13. The van der Waals surface area contributed by atoms with Crippen LogP contribution < -0.4 is 9.46 Å². The van der Waals surface area contributed by atoms with Crippen LogP contribution in [0, 0.1) is 0 Å². The molecule has 6 nitrogen and oxygen atoms in total. The maximum Gasteiger partial charge on any atom is 0.283 e. The zero-order valence-corrected chi connectivity index (χ0v) is 14.6. The number of hydrogen-bond donors (Lipinski definition) is 1. The molecule has 23 heavy (non-hydrogen) atoms. The molecule has 1 aromatic carbocycles. The molecule has 1 aromatic heterocycles. The van der Waals surface area contributed by atoms with Crippen molar-refractivity contribution in [1.82, 2.24) is 9.71 Å². The van der Waals surface area contributed by atoms with Gasteiger partial charge in [0.05, 0.1) is 17.2 Å². The van der Waals surface area contributed by atoms with Gasteiger partial charge in [0.15, 0.2) is 0 Å². The van der Waals surface area contributed by atoms with Crippen LogP contribution in [0.1, 0.15) is 10.5 Å². The fourth-order valence-electron chi connectivity index (χ4n) is 1.66. The minimum atomic E-state index is -4.29. The molecule has 0 saturated carbocycles. The van der Waals surface area contributed by atoms with Gasteiger partial charge in [-0.15, -0.1) is 0 Å². The molecule has 122 valence electrons. The van der Waals surface area contributed by atoms with Crippen molar-refractivity contribution < 1.29 is 17.9 Å². The zero-order valence-electron chi connectivity index (χ0n) is 11.5. The molecule has 1 heterocycles. The standard InChI is InChI=1S/C13H9Cl3N2O4S/c1-22-11-6-7(14)5-10(17-11)13(19)18-23(20,21)12-8(15)3-2-4-9(12)16/h2-6H,1H3,(H,18,19). The number of amides is 1. The second kappa shape index (κ2) is 6.92. The first-order valence-corrected chi connectivity index (χ1v) is 8.59. The van der Waals surface area contributed by atoms with Gasteiger partial charge in [-0.1, -0.05) is 40.9 Å². The third-order valence-electron chi connectivity index (χ3n) is 2.62. The topological polar surface area (TPSA) is 85.4 Å². The van der Waals surface area contributed by atoms with Crippen molar-refractivity contribution in [2.24, 2.45) is 0 Å². The molecular weight excluding hydrogens is 387 g/mol. The molecule has 2 rings (SSSR count). The molecule has 0 radical (unpaired) electrons. The molecule has 0 aliphatic rings. The zero-order chi connectivity index (χ0) is 17.2. The van der Waals surface area contributed by atoms with Gasteiger partial charge in [0.2, 0.25) is 5.88 Å². The number of benzene rings is 1. The first-order valence-electron chi connectivity index (χ1n) is 5.97. The number of nitrogens with one attached hydrogen (secondary N) is 1. The SMILES string of the molecule is COc1cc(Cl)cc(C(=O)NS(=O)(=O)c2c(Cl)cccc2Cl)n1. The Morgan fingerprint density at radius 3 is 2.35 bits per heavy atom. The summed E-state index contributed by atoms with van der Waals surface area (Å²) in [5, 5.41) is -0.0703. The molecule has 1 N–H and O–H groups in total. The molecule has 0 aliphatic carbocycles. The van der Waals surface area contributed by atoms with E-state index in [-0.39, 0.29) is 26.6 Å². The fraction of sp³-hybridized carbons (Fsp3) is 0.0769. The summed E-state index contributed by atoms with van der Waals surface area (Å²) in [6.45, 7) is 0. The van der Waals surface area contributed by atoms with Crippen LogP contribution in [-0.4, -0.2) is 26.4 Å². The number of pyridine rings is 1. The predicted octanol–water partition coefficient (Wildman–Crippen LogP) is 3.17. The van der Waals surface area contributed by atoms with E-state index in [0.717, 1.165) is 0 Å². The highest BCUT2D eigenvalue weighted by atomic mass is 35.5. The highest BCUT2D eigenvalue weighted by Crippen LogP contribution is 2.29. The third kappa shape index (κ3) is 4.06. The number of rotatable bonds is 4. The van der Waals surface area contributed by atoms with E-state index in [1.54, 1.807) is 0 Å². The van der Waals surface area contributed by atoms with Gasteiger partial charge in [0.25, 0.3) is 15.9 Å². The molecule has 0 bridgehead atoms. The van der Waals surface area contributed by atoms with Crippen molar-refractivity contribution in [3.8, 4) is 5.88 Å². The van der Waals surface area contributed by atoms with E-state index in [9.17, 15) is 13.2 Å². The molecule has 0 spiro atoms. The smallest absolute Gasteiger partial charge is 0.283 e. The van der Waals surface area contributed by atoms with E-state index in [0.29, 0.717) is 0 Å². The van der Waals surface area contributed by atoms with Gasteiger partial charge in [0, 0.05) is 11.1 Å². The molecule has 0 unspecified atom stereocenters. The minimum Gasteiger partial charge on any atom is -0.481 e. The number of aromatic nitrogens is 1. The Bertz CT molecular complexity index is 851. The Balaban J connectivity index is 2.38. The van der Waals surface area contributed by atoms with Crippen LogP contribution in [0.3, 0.4) is 0 Å². The summed E-state index contributed by atoms with van der Waals surface area (Å²) in [6, 6.07) is 6.73. The number of carbonyl (C=O) groups excluding carboxylic acids is 1. The second-order valence-electron chi connectivity index (χ2n) is 4.20. The Hall–Kier alpha value is -1.54. The van der Waals surface area contributed by atoms with Crippen molar-refractivity contribution in [1.29, 1.82) is 0 Å². The Labute approximate surface area is 147 Å². The highest BCUT2D eigenvalue weighted by Gasteiger charge is 2.25. The summed E-state index contributed by atoms with van der Waals surface area (Å²) < 4.78 is 31.3. The lowest BCUT2D eigenvalue weighted by Gasteiger charge is -2.10. The Morgan fingerprint density at radius 1 is 1.17 bits per heavy atom. The number of halogens is 3. The van der Waals surface area contributed by atoms with Crippen molar-refractivity contribution in [3.05, 3.63) is 51.1 Å². The maximum absolute atomic E-state index is 12.3. The summed E-state index contributed by atoms with van der Waals surface area (Å²) in [4.78, 5) is 15.6. The predicted molar refractivity (Wildman–Crippen MR) is 86.9 cm³/mol. The normalized spacial score (nSPS) is 11.1. The fourth-order valence-corrected chi connectivity index (χ4v) is 3.96. The summed E-state index contributed by atoms with van der Waals surface area (Å²) in [5.74, 6) is -0.933. The van der Waals surface area contributed by atoms with E-state index in [1.807, 2.05) is 4.72 Å². The number of methoxy groups -OCH3 is 1. The van der Waals surface area contributed by atoms with E-state index in [4.69, 9.17) is 39.5 Å². The summed E-state index contributed by atoms with van der Waals surface area (Å²) in [7, 11) is -2.95. The molecule has 10 heteroatoms. The average molecular weight is 396 g/mol. The second-order valence-corrected chi connectivity index (χ2v) is 7.07. The maximum atomic E-state index is 12.3. The van der Waals surface area contributed by atoms with Gasteiger partial charge in [0.1, 0.15) is 10.6 Å². The van der Waals surface area contributed by atoms with Crippen LogP contribution in [0.5, 0.6) is 5.88 Å². The number of sulfonamides is 1. The average Bonchev–Trinajstić information content (AvgIpc) is 2.45. The van der Waals surface area contributed by atoms with Crippen LogP contribution in [-0.2, 0) is 10.0 Å². The number of carbonyl (C=O) groups is 1. The van der Waals surface area contributed by atoms with Gasteiger partial charge in [-0.2, -0.15) is 0 Å². The number of nitrogens with zero attached hydrogens (tertiary/aromatic N) is 1. The molecule has 2 aromatic rings. The molecule has 0 fully saturated rings. The summed E-state index contributed by atoms with van der Waals surface area (Å²) in [6.07, 6.45) is 0. The lowest BCUT2D eigenvalue weighted by atomic mass is 10.3. The Kier molecular flexibility index (Phi) is 5.36. The summed E-state index contributed by atoms with van der Waals surface area (Å²) in [5.41, 5.74) is -0.235. The first-order chi connectivity index (χ1) is 10.7. The largest absolute Gasteiger partial charge is 0.481 e. The molecular formula is C13H9Cl3N2O4S. The lowest BCUT2D eigenvalue weighted by Crippen LogP contribution is -2.31. The van der Waals surface area contributed by atoms with Gasteiger partial charge in [-0.25, -0.2) is 18.1 Å². The molecule has 0 saturated heterocycles. The monoisotopic (exact) mass is 394 g/mol. The molecule has 0 atom stereocenters. The minimum absolute atomic E-state index is 0.0656. The summed E-state index contributed by atoms with van der Waals surface area (Å²) >= 11 is 17.5. The van der Waals surface area contributed by atoms with E-state index in [1.165, 1.54) is 37.4 Å². The highest BCUT2D eigenvalue weighted by molar-refractivity contribution is 7.90. The van der Waals surface area contributed by atoms with Gasteiger partial charge < -0.3 is 4.74 Å². The van der Waals surface area contributed by atoms with Gasteiger partial charge in [-0.3, -0.25) is 4.79 Å². The van der Waals surface area contributed by atoms with E-state index in [2.05, 4.69) is 4.98 Å². The number of hydrogen-bond acceptors (Lipinski definition) is 5. The lowest BCUT2D eigenvalue weighted by molar-refractivity contribution is 0.0975. The molecule has 0 aliphatic heterocycles. The van der Waals surface area contributed by atoms with Crippen LogP contribution in [0.25, 0.3) is 0 Å². The van der Waals surface area contributed by atoms with Crippen molar-refractivity contribution >= 4 is 50.7 Å². The van der Waals surface area contributed by atoms with Crippen molar-refractivity contribution in [2.45, 2.75) is 4.90 Å². The van der Waals surface area contributed by atoms with E-state index >= 15 is 0 Å². The van der Waals surface area contributed by atoms with Crippen LogP contribution >= 0.6 is 34.8 Å². The Morgan fingerprint density at radius 2 is 1.78 bits per heavy atom. The van der Waals surface area contributed by atoms with Gasteiger partial charge >= 0.3 is 0 Å². The van der Waals surface area contributed by atoms with Crippen molar-refractivity contribution in [3.63, 3.8) is 0 Å². The van der Waals surface area contributed by atoms with Crippen LogP contribution in [0.2, 0.25) is 15.1 Å². The molecule has 1 amide bonds. The van der Waals surface area contributed by atoms with Crippen LogP contribution in [0.4, 0.5) is 0 Å². The van der Waals surface area contributed by atoms with Crippen LogP contribution in [0.15, 0.2) is 35.2 Å². The first kappa shape index (κ1) is 17.8. The number of ether oxygens (including phenoxy) is 1. The van der Waals surface area contributed by atoms with Crippen molar-refractivity contribution in [2.75, 3.05) is 7.11 Å². The van der Waals surface area contributed by atoms with E-state index < -0.39 is 20.8 Å².